The van der Waals surface area contributed by atoms with E-state index in [0.29, 0.717) is 18.0 Å². The van der Waals surface area contributed by atoms with Gasteiger partial charge in [0.1, 0.15) is 5.41 Å². The number of hydrogen-bond acceptors (Lipinski definition) is 4. The van der Waals surface area contributed by atoms with Gasteiger partial charge in [0.15, 0.2) is 5.13 Å². The third kappa shape index (κ3) is 2.25. The Morgan fingerprint density at radius 3 is 2.68 bits per heavy atom. The Kier molecular flexibility index (Phi) is 3.28. The molecular formula is C14H17N3OS. The van der Waals surface area contributed by atoms with E-state index in [4.69, 9.17) is 0 Å². The average molecular weight is 275 g/mol. The highest BCUT2D eigenvalue weighted by molar-refractivity contribution is 7.15. The van der Waals surface area contributed by atoms with E-state index in [0.717, 1.165) is 31.4 Å². The maximum absolute atomic E-state index is 12.3. The van der Waals surface area contributed by atoms with Crippen LogP contribution in [0.5, 0.6) is 0 Å². The molecule has 0 bridgehead atoms. The highest BCUT2D eigenvalue weighted by Crippen LogP contribution is 2.39. The van der Waals surface area contributed by atoms with E-state index < -0.39 is 5.41 Å². The molecule has 1 amide bonds. The van der Waals surface area contributed by atoms with Crippen LogP contribution < -0.4 is 5.32 Å². The highest BCUT2D eigenvalue weighted by Gasteiger charge is 2.41. The molecule has 1 N–H and O–H groups in total. The van der Waals surface area contributed by atoms with E-state index in [1.165, 1.54) is 17.7 Å². The van der Waals surface area contributed by atoms with Crippen LogP contribution in [-0.4, -0.2) is 10.9 Å². The summed E-state index contributed by atoms with van der Waals surface area (Å²) in [6.45, 7) is 0. The summed E-state index contributed by atoms with van der Waals surface area (Å²) < 4.78 is 0. The normalized spacial score (nSPS) is 20.6. The van der Waals surface area contributed by atoms with Crippen LogP contribution in [0, 0.1) is 16.7 Å². The molecule has 3 rings (SSSR count). The van der Waals surface area contributed by atoms with Crippen molar-refractivity contribution in [2.75, 3.05) is 5.32 Å². The van der Waals surface area contributed by atoms with Crippen molar-refractivity contribution in [2.45, 2.75) is 51.4 Å². The fourth-order valence-corrected chi connectivity index (χ4v) is 4.04. The zero-order valence-electron chi connectivity index (χ0n) is 10.9. The predicted octanol–water partition coefficient (Wildman–Crippen LogP) is 3.04. The average Bonchev–Trinajstić information content (AvgIpc) is 3.05. The van der Waals surface area contributed by atoms with E-state index in [1.807, 2.05) is 0 Å². The molecule has 4 nitrogen and oxygen atoms in total. The molecule has 2 aliphatic rings. The highest BCUT2D eigenvalue weighted by atomic mass is 32.1. The minimum Gasteiger partial charge on any atom is -0.301 e. The van der Waals surface area contributed by atoms with E-state index in [1.54, 1.807) is 11.3 Å². The summed E-state index contributed by atoms with van der Waals surface area (Å²) in [6.07, 6.45) is 7.79. The molecule has 1 heterocycles. The van der Waals surface area contributed by atoms with Crippen LogP contribution in [0.3, 0.4) is 0 Å². The molecule has 1 saturated carbocycles. The van der Waals surface area contributed by atoms with Crippen LogP contribution >= 0.6 is 11.3 Å². The SMILES string of the molecule is N#CC1(C(=O)Nc2nc3c(s2)CCCC3)CCCC1. The Labute approximate surface area is 116 Å². The van der Waals surface area contributed by atoms with Gasteiger partial charge in [0.05, 0.1) is 11.8 Å². The molecule has 0 atom stereocenters. The third-order valence-electron chi connectivity index (χ3n) is 4.17. The Hall–Kier alpha value is -1.41. The molecule has 5 heteroatoms. The van der Waals surface area contributed by atoms with Gasteiger partial charge in [-0.3, -0.25) is 4.79 Å². The summed E-state index contributed by atoms with van der Waals surface area (Å²) in [6, 6.07) is 2.22. The fraction of sp³-hybridized carbons (Fsp3) is 0.643. The number of thiazole rings is 1. The van der Waals surface area contributed by atoms with Gasteiger partial charge in [0, 0.05) is 4.88 Å². The number of anilines is 1. The van der Waals surface area contributed by atoms with E-state index in [2.05, 4.69) is 16.4 Å². The van der Waals surface area contributed by atoms with Crippen molar-refractivity contribution >= 4 is 22.4 Å². The second-order valence-corrected chi connectivity index (χ2v) is 6.53. The molecule has 1 fully saturated rings. The van der Waals surface area contributed by atoms with Gasteiger partial charge in [0.25, 0.3) is 0 Å². The minimum absolute atomic E-state index is 0.154. The molecule has 1 aromatic heterocycles. The largest absolute Gasteiger partial charge is 0.301 e. The number of aromatic nitrogens is 1. The minimum atomic E-state index is -0.813. The standard InChI is InChI=1S/C14H17N3OS/c15-9-14(7-3-4-8-14)12(18)17-13-16-10-5-1-2-6-11(10)19-13/h1-8H2,(H,16,17,18). The van der Waals surface area contributed by atoms with E-state index in [9.17, 15) is 10.1 Å². The maximum Gasteiger partial charge on any atom is 0.246 e. The van der Waals surface area contributed by atoms with Crippen LogP contribution in [0.25, 0.3) is 0 Å². The Morgan fingerprint density at radius 1 is 1.26 bits per heavy atom. The first-order valence-corrected chi connectivity index (χ1v) is 7.76. The smallest absolute Gasteiger partial charge is 0.246 e. The molecule has 0 unspecified atom stereocenters. The summed E-state index contributed by atoms with van der Waals surface area (Å²) in [5, 5.41) is 12.9. The number of nitrogens with zero attached hydrogens (tertiary/aromatic N) is 2. The molecule has 0 radical (unpaired) electrons. The van der Waals surface area contributed by atoms with Crippen LogP contribution in [0.15, 0.2) is 0 Å². The number of hydrogen-bond donors (Lipinski definition) is 1. The number of carbonyl (C=O) groups excluding carboxylic acids is 1. The Morgan fingerprint density at radius 2 is 2.00 bits per heavy atom. The third-order valence-corrected chi connectivity index (χ3v) is 5.24. The second-order valence-electron chi connectivity index (χ2n) is 5.45. The van der Waals surface area contributed by atoms with Crippen molar-refractivity contribution < 1.29 is 4.79 Å². The van der Waals surface area contributed by atoms with Gasteiger partial charge in [-0.15, -0.1) is 11.3 Å². The van der Waals surface area contributed by atoms with Gasteiger partial charge in [-0.25, -0.2) is 4.98 Å². The fourth-order valence-electron chi connectivity index (χ4n) is 2.99. The summed E-state index contributed by atoms with van der Waals surface area (Å²) in [4.78, 5) is 18.1. The molecule has 1 aromatic rings. The molecule has 100 valence electrons. The van der Waals surface area contributed by atoms with Gasteiger partial charge in [0.2, 0.25) is 5.91 Å². The van der Waals surface area contributed by atoms with Crippen molar-refractivity contribution in [2.24, 2.45) is 5.41 Å². The Bertz CT molecular complexity index is 514. The van der Waals surface area contributed by atoms with Crippen LogP contribution in [0.1, 0.15) is 49.1 Å². The first-order chi connectivity index (χ1) is 9.23. The topological polar surface area (TPSA) is 65.8 Å². The first-order valence-electron chi connectivity index (χ1n) is 6.95. The van der Waals surface area contributed by atoms with E-state index in [-0.39, 0.29) is 5.91 Å². The van der Waals surface area contributed by atoms with Gasteiger partial charge >= 0.3 is 0 Å². The number of aryl methyl sites for hydroxylation is 2. The lowest BCUT2D eigenvalue weighted by Gasteiger charge is -2.17. The van der Waals surface area contributed by atoms with E-state index >= 15 is 0 Å². The lowest BCUT2D eigenvalue weighted by molar-refractivity contribution is -0.122. The van der Waals surface area contributed by atoms with Gasteiger partial charge < -0.3 is 5.32 Å². The van der Waals surface area contributed by atoms with Crippen molar-refractivity contribution in [3.63, 3.8) is 0 Å². The summed E-state index contributed by atoms with van der Waals surface area (Å²) in [5.41, 5.74) is 0.329. The van der Waals surface area contributed by atoms with Crippen molar-refractivity contribution in [1.82, 2.24) is 4.98 Å². The first kappa shape index (κ1) is 12.6. The second kappa shape index (κ2) is 4.93. The molecule has 0 aliphatic heterocycles. The van der Waals surface area contributed by atoms with Crippen LogP contribution in [-0.2, 0) is 17.6 Å². The van der Waals surface area contributed by atoms with Gasteiger partial charge in [-0.2, -0.15) is 5.26 Å². The summed E-state index contributed by atoms with van der Waals surface area (Å²) in [5.74, 6) is -0.154. The quantitative estimate of drug-likeness (QED) is 0.902. The zero-order valence-corrected chi connectivity index (χ0v) is 11.7. The maximum atomic E-state index is 12.3. The molecular weight excluding hydrogens is 258 g/mol. The van der Waals surface area contributed by atoms with Gasteiger partial charge in [-0.05, 0) is 38.5 Å². The monoisotopic (exact) mass is 275 g/mol. The van der Waals surface area contributed by atoms with Crippen molar-refractivity contribution in [3.8, 4) is 6.07 Å². The lowest BCUT2D eigenvalue weighted by Crippen LogP contribution is -2.32. The lowest BCUT2D eigenvalue weighted by atomic mass is 9.87. The number of nitrogens with one attached hydrogen (secondary N) is 1. The molecule has 0 saturated heterocycles. The van der Waals surface area contributed by atoms with Crippen molar-refractivity contribution in [1.29, 1.82) is 5.26 Å². The number of fused-ring (bicyclic) bond motifs is 1. The summed E-state index contributed by atoms with van der Waals surface area (Å²) >= 11 is 1.58. The number of rotatable bonds is 2. The molecule has 0 spiro atoms. The Balaban J connectivity index is 1.76. The zero-order chi connectivity index (χ0) is 13.3. The van der Waals surface area contributed by atoms with Crippen LogP contribution in [0.4, 0.5) is 5.13 Å². The molecule has 0 aromatic carbocycles. The number of amides is 1. The van der Waals surface area contributed by atoms with Gasteiger partial charge in [-0.1, -0.05) is 12.8 Å². The number of carbonyl (C=O) groups is 1. The predicted molar refractivity (Wildman–Crippen MR) is 73.9 cm³/mol. The molecule has 2 aliphatic carbocycles. The van der Waals surface area contributed by atoms with Crippen LogP contribution in [0.2, 0.25) is 0 Å². The molecule has 19 heavy (non-hydrogen) atoms. The number of nitriles is 1. The van der Waals surface area contributed by atoms with Crippen molar-refractivity contribution in [3.05, 3.63) is 10.6 Å². The summed E-state index contributed by atoms with van der Waals surface area (Å²) in [7, 11) is 0.